The van der Waals surface area contributed by atoms with E-state index in [1.807, 2.05) is 22.6 Å². The van der Waals surface area contributed by atoms with Gasteiger partial charge in [-0.15, -0.1) is 0 Å². The second-order valence-corrected chi connectivity index (χ2v) is 8.10. The van der Waals surface area contributed by atoms with Gasteiger partial charge in [0, 0.05) is 8.59 Å². The highest BCUT2D eigenvalue weighted by molar-refractivity contribution is 14.1. The lowest BCUT2D eigenvalue weighted by atomic mass is 10.2. The lowest BCUT2D eigenvalue weighted by Crippen LogP contribution is -2.29. The number of hydrogen-bond donors (Lipinski definition) is 0. The van der Waals surface area contributed by atoms with Crippen molar-refractivity contribution in [3.8, 4) is 0 Å². The summed E-state index contributed by atoms with van der Waals surface area (Å²) in [5, 5.41) is 0.503. The van der Waals surface area contributed by atoms with Crippen molar-refractivity contribution in [3.63, 3.8) is 0 Å². The number of carbonyl (C=O) groups is 1. The zero-order chi connectivity index (χ0) is 15.2. The molecule has 0 radical (unpaired) electrons. The molecule has 0 aromatic heterocycles. The molecule has 0 aliphatic carbocycles. The second-order valence-electron chi connectivity index (χ2n) is 4.59. The van der Waals surface area contributed by atoms with Crippen molar-refractivity contribution >= 4 is 50.1 Å². The lowest BCUT2D eigenvalue weighted by molar-refractivity contribution is 0.0865. The number of halogens is 2. The quantitative estimate of drug-likeness (QED) is 0.683. The summed E-state index contributed by atoms with van der Waals surface area (Å²) in [6, 6.07) is 11.5. The Labute approximate surface area is 140 Å². The number of amides is 1. The monoisotopic (exact) mass is 433 g/mol. The second kappa shape index (κ2) is 5.26. The molecule has 1 aliphatic rings. The molecule has 1 heterocycles. The Kier molecular flexibility index (Phi) is 3.71. The molecule has 21 heavy (non-hydrogen) atoms. The molecule has 108 valence electrons. The number of benzene rings is 2. The summed E-state index contributed by atoms with van der Waals surface area (Å²) >= 11 is 7.94. The van der Waals surface area contributed by atoms with Crippen molar-refractivity contribution in [2.45, 2.75) is 11.4 Å². The molecule has 0 spiro atoms. The molecule has 0 N–H and O–H groups in total. The molecule has 7 heteroatoms. The van der Waals surface area contributed by atoms with Crippen LogP contribution in [0.5, 0.6) is 0 Å². The zero-order valence-corrected chi connectivity index (χ0v) is 14.3. The molecule has 0 bridgehead atoms. The Hall–Kier alpha value is -1.12. The smallest absolute Gasteiger partial charge is 0.268 e. The van der Waals surface area contributed by atoms with Crippen molar-refractivity contribution in [1.29, 1.82) is 0 Å². The summed E-state index contributed by atoms with van der Waals surface area (Å²) in [5.74, 6) is -0.497. The first-order valence-electron chi connectivity index (χ1n) is 6.00. The molecule has 4 nitrogen and oxygen atoms in total. The Morgan fingerprint density at radius 1 is 1.14 bits per heavy atom. The molecule has 0 saturated heterocycles. The maximum Gasteiger partial charge on any atom is 0.269 e. The van der Waals surface area contributed by atoms with Crippen molar-refractivity contribution < 1.29 is 13.2 Å². The number of carbonyl (C=O) groups excluding carboxylic acids is 1. The van der Waals surface area contributed by atoms with Crippen molar-refractivity contribution in [1.82, 2.24) is 4.31 Å². The van der Waals surface area contributed by atoms with Crippen LogP contribution in [0, 0.1) is 3.57 Å². The molecule has 0 fully saturated rings. The summed E-state index contributed by atoms with van der Waals surface area (Å²) in [7, 11) is -3.79. The first-order chi connectivity index (χ1) is 9.89. The van der Waals surface area contributed by atoms with E-state index in [1.54, 1.807) is 36.4 Å². The average Bonchev–Trinajstić information content (AvgIpc) is 2.60. The van der Waals surface area contributed by atoms with Crippen LogP contribution in [0.25, 0.3) is 0 Å². The summed E-state index contributed by atoms with van der Waals surface area (Å²) in [5.41, 5.74) is 0.894. The number of hydrogen-bond acceptors (Lipinski definition) is 3. The predicted octanol–water partition coefficient (Wildman–Crippen LogP) is 3.29. The van der Waals surface area contributed by atoms with E-state index < -0.39 is 15.9 Å². The van der Waals surface area contributed by atoms with E-state index in [1.165, 1.54) is 6.07 Å². The van der Waals surface area contributed by atoms with Crippen LogP contribution in [0.1, 0.15) is 15.9 Å². The molecule has 2 aromatic rings. The summed E-state index contributed by atoms with van der Waals surface area (Å²) in [6.45, 7) is -0.0208. The number of nitrogens with zero attached hydrogens (tertiary/aromatic N) is 1. The molecule has 0 unspecified atom stereocenters. The lowest BCUT2D eigenvalue weighted by Gasteiger charge is -2.15. The first-order valence-corrected chi connectivity index (χ1v) is 8.90. The molecular formula is C14H9ClINO3S. The molecule has 2 aromatic carbocycles. The fourth-order valence-corrected chi connectivity index (χ4v) is 4.46. The minimum atomic E-state index is -3.79. The standard InChI is InChI=1S/C14H9ClINO3S/c15-10-3-1-2-9(6-10)8-17-14(18)12-7-11(16)4-5-13(12)21(17,19)20/h1-7H,8H2. The van der Waals surface area contributed by atoms with Crippen LogP contribution >= 0.6 is 34.2 Å². The minimum Gasteiger partial charge on any atom is -0.268 e. The van der Waals surface area contributed by atoms with E-state index in [-0.39, 0.29) is 17.0 Å². The van der Waals surface area contributed by atoms with Gasteiger partial charge in [-0.05, 0) is 58.5 Å². The maximum absolute atomic E-state index is 12.5. The highest BCUT2D eigenvalue weighted by atomic mass is 127. The third-order valence-corrected chi connectivity index (χ3v) is 5.87. The van der Waals surface area contributed by atoms with Gasteiger partial charge in [-0.25, -0.2) is 12.7 Å². The SMILES string of the molecule is O=C1c2cc(I)ccc2S(=O)(=O)N1Cc1cccc(Cl)c1. The molecule has 1 aliphatic heterocycles. The van der Waals surface area contributed by atoms with Crippen LogP contribution < -0.4 is 0 Å². The van der Waals surface area contributed by atoms with Gasteiger partial charge in [-0.1, -0.05) is 23.7 Å². The Morgan fingerprint density at radius 3 is 2.62 bits per heavy atom. The normalized spacial score (nSPS) is 16.1. The van der Waals surface area contributed by atoms with E-state index in [4.69, 9.17) is 11.6 Å². The first kappa shape index (κ1) is 14.8. The van der Waals surface area contributed by atoms with Gasteiger partial charge in [0.05, 0.1) is 12.1 Å². The maximum atomic E-state index is 12.5. The van der Waals surface area contributed by atoms with E-state index in [2.05, 4.69) is 0 Å². The van der Waals surface area contributed by atoms with Crippen molar-refractivity contribution in [3.05, 3.63) is 62.2 Å². The Balaban J connectivity index is 2.04. The average molecular weight is 434 g/mol. The van der Waals surface area contributed by atoms with E-state index in [9.17, 15) is 13.2 Å². The highest BCUT2D eigenvalue weighted by Crippen LogP contribution is 2.32. The fourth-order valence-electron chi connectivity index (χ4n) is 2.21. The Bertz CT molecular complexity index is 851. The van der Waals surface area contributed by atoms with E-state index in [0.717, 1.165) is 7.88 Å². The molecule has 0 saturated carbocycles. The van der Waals surface area contributed by atoms with Gasteiger partial charge in [-0.2, -0.15) is 0 Å². The Morgan fingerprint density at radius 2 is 1.90 bits per heavy atom. The van der Waals surface area contributed by atoms with Gasteiger partial charge >= 0.3 is 0 Å². The minimum absolute atomic E-state index is 0.0208. The summed E-state index contributed by atoms with van der Waals surface area (Å²) < 4.78 is 26.6. The molecule has 0 atom stereocenters. The van der Waals surface area contributed by atoms with Crippen LogP contribution in [0.4, 0.5) is 0 Å². The molecular weight excluding hydrogens is 425 g/mol. The fraction of sp³-hybridized carbons (Fsp3) is 0.0714. The molecule has 1 amide bonds. The van der Waals surface area contributed by atoms with E-state index in [0.29, 0.717) is 10.6 Å². The van der Waals surface area contributed by atoms with Crippen LogP contribution in [0.3, 0.4) is 0 Å². The van der Waals surface area contributed by atoms with Gasteiger partial charge in [0.2, 0.25) is 0 Å². The third kappa shape index (κ3) is 2.56. The predicted molar refractivity (Wildman–Crippen MR) is 87.7 cm³/mol. The molecule has 3 rings (SSSR count). The third-order valence-electron chi connectivity index (χ3n) is 3.18. The van der Waals surface area contributed by atoms with Gasteiger partial charge in [0.15, 0.2) is 0 Å². The summed E-state index contributed by atoms with van der Waals surface area (Å²) in [6.07, 6.45) is 0. The number of sulfonamides is 1. The van der Waals surface area contributed by atoms with E-state index >= 15 is 0 Å². The van der Waals surface area contributed by atoms with Crippen LogP contribution in [0.2, 0.25) is 5.02 Å². The van der Waals surface area contributed by atoms with Gasteiger partial charge < -0.3 is 0 Å². The van der Waals surface area contributed by atoms with Crippen molar-refractivity contribution in [2.75, 3.05) is 0 Å². The number of fused-ring (bicyclic) bond motifs is 1. The van der Waals surface area contributed by atoms with Crippen molar-refractivity contribution in [2.24, 2.45) is 0 Å². The van der Waals surface area contributed by atoms with Crippen LogP contribution in [0.15, 0.2) is 47.4 Å². The van der Waals surface area contributed by atoms with Gasteiger partial charge in [0.1, 0.15) is 4.90 Å². The van der Waals surface area contributed by atoms with Gasteiger partial charge in [0.25, 0.3) is 15.9 Å². The largest absolute Gasteiger partial charge is 0.269 e. The summed E-state index contributed by atoms with van der Waals surface area (Å²) in [4.78, 5) is 12.4. The van der Waals surface area contributed by atoms with Crippen LogP contribution in [-0.4, -0.2) is 18.6 Å². The topological polar surface area (TPSA) is 54.5 Å². The highest BCUT2D eigenvalue weighted by Gasteiger charge is 2.41. The number of rotatable bonds is 2. The van der Waals surface area contributed by atoms with Gasteiger partial charge in [-0.3, -0.25) is 4.79 Å². The van der Waals surface area contributed by atoms with Crippen LogP contribution in [-0.2, 0) is 16.6 Å². The zero-order valence-electron chi connectivity index (χ0n) is 10.6.